The van der Waals surface area contributed by atoms with Gasteiger partial charge in [0.05, 0.1) is 0 Å². The van der Waals surface area contributed by atoms with Crippen LogP contribution in [-0.4, -0.2) is 28.5 Å². The second-order valence-electron chi connectivity index (χ2n) is 12.9. The van der Waals surface area contributed by atoms with E-state index in [9.17, 15) is 18.4 Å². The number of nitrogens with zero attached hydrogens (tertiary/aromatic N) is 3. The molecule has 6 saturated carbocycles. The summed E-state index contributed by atoms with van der Waals surface area (Å²) in [5, 5.41) is 3.96. The molecule has 4 bridgehead atoms. The van der Waals surface area contributed by atoms with Gasteiger partial charge in [-0.1, -0.05) is 27.2 Å². The molecular weight excluding hydrogens is 558 g/mol. The molecular formula is C28H33BrF2N4O3. The number of carbonyl (C=O) groups excluding carboxylic acids is 2. The molecule has 6 fully saturated rings. The first-order valence-corrected chi connectivity index (χ1v) is 14.2. The number of hydrogen-bond acceptors (Lipinski definition) is 5. The second-order valence-corrected chi connectivity index (χ2v) is 13.8. The number of hydrogen-bond donors (Lipinski definition) is 1. The van der Waals surface area contributed by atoms with Crippen molar-refractivity contribution in [1.29, 1.82) is 0 Å². The van der Waals surface area contributed by atoms with E-state index in [2.05, 4.69) is 26.1 Å². The first kappa shape index (κ1) is 25.9. The maximum absolute atomic E-state index is 13.9. The van der Waals surface area contributed by atoms with Crippen LogP contribution in [0.5, 0.6) is 0 Å². The van der Waals surface area contributed by atoms with Gasteiger partial charge in [-0.15, -0.1) is 0 Å². The third-order valence-corrected chi connectivity index (χ3v) is 10.4. The number of primary amides is 1. The molecule has 7 nitrogen and oxygen atoms in total. The minimum atomic E-state index is -3.15. The van der Waals surface area contributed by atoms with E-state index in [0.29, 0.717) is 25.2 Å². The highest BCUT2D eigenvalue weighted by Crippen LogP contribution is 2.76. The van der Waals surface area contributed by atoms with E-state index in [4.69, 9.17) is 10.3 Å². The molecule has 6 aliphatic rings. The first-order chi connectivity index (χ1) is 17.8. The predicted octanol–water partition coefficient (Wildman–Crippen LogP) is 6.00. The van der Waals surface area contributed by atoms with Crippen LogP contribution < -0.4 is 10.6 Å². The van der Waals surface area contributed by atoms with Crippen LogP contribution in [0.2, 0.25) is 0 Å². The van der Waals surface area contributed by atoms with E-state index < -0.39 is 11.8 Å². The first-order valence-electron chi connectivity index (χ1n) is 13.4. The fourth-order valence-electron chi connectivity index (χ4n) is 8.15. The van der Waals surface area contributed by atoms with E-state index in [1.807, 2.05) is 29.2 Å². The highest BCUT2D eigenvalue weighted by atomic mass is 79.9. The average Bonchev–Trinajstić information content (AvgIpc) is 3.33. The third-order valence-electron chi connectivity index (χ3n) is 9.92. The van der Waals surface area contributed by atoms with Crippen LogP contribution in [0.1, 0.15) is 89.3 Å². The number of aromatic nitrogens is 2. The van der Waals surface area contributed by atoms with Crippen LogP contribution in [0.15, 0.2) is 33.3 Å². The summed E-state index contributed by atoms with van der Waals surface area (Å²) < 4.78 is 33.3. The van der Waals surface area contributed by atoms with E-state index in [0.717, 1.165) is 74.9 Å². The van der Waals surface area contributed by atoms with Gasteiger partial charge in [-0.2, -0.15) is 13.8 Å². The van der Waals surface area contributed by atoms with Crippen LogP contribution in [0, 0.1) is 16.2 Å². The fourth-order valence-corrected chi connectivity index (χ4v) is 8.54. The number of benzene rings is 1. The maximum atomic E-state index is 13.9. The number of halogens is 3. The summed E-state index contributed by atoms with van der Waals surface area (Å²) in [7, 11) is 0. The highest BCUT2D eigenvalue weighted by molar-refractivity contribution is 9.10. The van der Waals surface area contributed by atoms with Gasteiger partial charge in [0, 0.05) is 41.9 Å². The van der Waals surface area contributed by atoms with Gasteiger partial charge in [0.1, 0.15) is 0 Å². The normalized spacial score (nSPS) is 33.4. The maximum Gasteiger partial charge on any atom is 0.322 e. The lowest BCUT2D eigenvalue weighted by atomic mass is 9.33. The van der Waals surface area contributed by atoms with Crippen molar-refractivity contribution in [3.05, 3.63) is 40.5 Å². The molecule has 38 heavy (non-hydrogen) atoms. The van der Waals surface area contributed by atoms with E-state index >= 15 is 0 Å². The van der Waals surface area contributed by atoms with Crippen LogP contribution in [-0.2, 0) is 20.9 Å². The van der Waals surface area contributed by atoms with Gasteiger partial charge in [0.15, 0.2) is 5.82 Å². The van der Waals surface area contributed by atoms with Gasteiger partial charge in [-0.3, -0.25) is 9.59 Å². The largest absolute Gasteiger partial charge is 0.370 e. The Morgan fingerprint density at radius 1 is 1.05 bits per heavy atom. The molecule has 6 aliphatic carbocycles. The number of carbonyl (C=O) groups is 2. The minimum Gasteiger partial charge on any atom is -0.370 e. The third kappa shape index (κ3) is 4.36. The van der Waals surface area contributed by atoms with Crippen molar-refractivity contribution in [2.24, 2.45) is 22.0 Å². The lowest BCUT2D eigenvalue weighted by Gasteiger charge is -2.71. The van der Waals surface area contributed by atoms with Gasteiger partial charge < -0.3 is 15.2 Å². The van der Waals surface area contributed by atoms with Crippen molar-refractivity contribution in [1.82, 2.24) is 10.1 Å². The van der Waals surface area contributed by atoms with Crippen molar-refractivity contribution < 1.29 is 22.9 Å². The van der Waals surface area contributed by atoms with Crippen LogP contribution in [0.25, 0.3) is 0 Å². The molecule has 2 amide bonds. The molecule has 2 aromatic rings. The molecule has 2 N–H and O–H groups in total. The lowest BCUT2D eigenvalue weighted by Crippen LogP contribution is -2.64. The SMILES string of the molecule is CC(F)(F)c1nc(C23CCC(CN(C(=O)CC45CC(CC(N)=O)(C4)C5)c4cccc(Br)c4)(CC2)CC3)no1. The van der Waals surface area contributed by atoms with Gasteiger partial charge in [0.25, 0.3) is 5.89 Å². The molecule has 0 spiro atoms. The molecule has 0 aliphatic heterocycles. The second kappa shape index (κ2) is 8.57. The zero-order valence-electron chi connectivity index (χ0n) is 21.6. The Morgan fingerprint density at radius 2 is 1.68 bits per heavy atom. The standard InChI is InChI=1S/C28H33BrF2N4O3/c1-24(30,31)23-33-22(34-38-23)28-8-5-25(6-9-28,7-10-28)17-35(19-4-2-3-18(29)11-19)21(37)13-27-14-26(15-27,16-27)12-20(32)36/h2-4,11H,5-10,12-17H2,1H3,(H2,32,36). The zero-order chi connectivity index (χ0) is 27.0. The summed E-state index contributed by atoms with van der Waals surface area (Å²) in [5.74, 6) is -3.51. The van der Waals surface area contributed by atoms with Crippen molar-refractivity contribution in [2.75, 3.05) is 11.4 Å². The Balaban J connectivity index is 1.17. The van der Waals surface area contributed by atoms with Crippen LogP contribution in [0.4, 0.5) is 14.5 Å². The smallest absolute Gasteiger partial charge is 0.322 e. The number of rotatable bonds is 9. The molecule has 8 rings (SSSR count). The molecule has 1 aromatic carbocycles. The molecule has 1 heterocycles. The topological polar surface area (TPSA) is 102 Å². The van der Waals surface area contributed by atoms with Crippen molar-refractivity contribution in [2.45, 2.75) is 88.9 Å². The monoisotopic (exact) mass is 590 g/mol. The van der Waals surface area contributed by atoms with Gasteiger partial charge in [-0.05, 0) is 92.2 Å². The number of nitrogens with two attached hydrogens (primary N) is 1. The van der Waals surface area contributed by atoms with Gasteiger partial charge >= 0.3 is 5.92 Å². The number of amides is 2. The van der Waals surface area contributed by atoms with E-state index in [-0.39, 0.29) is 33.5 Å². The predicted molar refractivity (Wildman–Crippen MR) is 139 cm³/mol. The molecule has 0 radical (unpaired) electrons. The molecule has 1 aromatic heterocycles. The summed E-state index contributed by atoms with van der Waals surface area (Å²) in [5.41, 5.74) is 5.98. The highest BCUT2D eigenvalue weighted by Gasteiger charge is 2.68. The van der Waals surface area contributed by atoms with Gasteiger partial charge in [-0.25, -0.2) is 0 Å². The summed E-state index contributed by atoms with van der Waals surface area (Å²) >= 11 is 3.56. The Bertz CT molecular complexity index is 1240. The Morgan fingerprint density at radius 3 is 2.24 bits per heavy atom. The Labute approximate surface area is 229 Å². The van der Waals surface area contributed by atoms with Crippen LogP contribution >= 0.6 is 15.9 Å². The molecule has 10 heteroatoms. The average molecular weight is 591 g/mol. The zero-order valence-corrected chi connectivity index (χ0v) is 23.2. The molecule has 0 atom stereocenters. The minimum absolute atomic E-state index is 0.000412. The number of alkyl halides is 2. The number of anilines is 1. The summed E-state index contributed by atoms with van der Waals surface area (Å²) in [6.45, 7) is 1.40. The molecule has 0 unspecified atom stereocenters. The Kier molecular flexibility index (Phi) is 5.84. The van der Waals surface area contributed by atoms with Crippen LogP contribution in [0.3, 0.4) is 0 Å². The van der Waals surface area contributed by atoms with E-state index in [1.54, 1.807) is 0 Å². The van der Waals surface area contributed by atoms with E-state index in [1.165, 1.54) is 0 Å². The molecule has 204 valence electrons. The van der Waals surface area contributed by atoms with Crippen molar-refractivity contribution >= 4 is 33.4 Å². The fraction of sp³-hybridized carbons (Fsp3) is 0.643. The quantitative estimate of drug-likeness (QED) is 0.385. The Hall–Kier alpha value is -2.36. The van der Waals surface area contributed by atoms with Crippen molar-refractivity contribution in [3.63, 3.8) is 0 Å². The summed E-state index contributed by atoms with van der Waals surface area (Å²) in [4.78, 5) is 31.4. The lowest BCUT2D eigenvalue weighted by molar-refractivity contribution is -0.209. The number of fused-ring (bicyclic) bond motifs is 3. The van der Waals surface area contributed by atoms with Gasteiger partial charge in [0.2, 0.25) is 11.8 Å². The summed E-state index contributed by atoms with van der Waals surface area (Å²) in [6, 6.07) is 7.88. The summed E-state index contributed by atoms with van der Waals surface area (Å²) in [6.07, 6.45) is 8.62. The molecule has 0 saturated heterocycles. The van der Waals surface area contributed by atoms with Crippen molar-refractivity contribution in [3.8, 4) is 0 Å².